The third-order valence-electron chi connectivity index (χ3n) is 6.07. The number of sulfonamides is 1. The summed E-state index contributed by atoms with van der Waals surface area (Å²) < 4.78 is 31.6. The maximum Gasteiger partial charge on any atom is 0.413 e. The lowest BCUT2D eigenvalue weighted by Crippen LogP contribution is -2.46. The Balaban J connectivity index is 1.73. The molecule has 2 atom stereocenters. The van der Waals surface area contributed by atoms with Crippen molar-refractivity contribution < 1.29 is 27.5 Å². The van der Waals surface area contributed by atoms with Crippen LogP contribution in [0.1, 0.15) is 57.7 Å². The molecular formula is C26H35N5O6S. The Morgan fingerprint density at radius 3 is 2.32 bits per heavy atom. The number of anilines is 2. The lowest BCUT2D eigenvalue weighted by Gasteiger charge is -2.38. The van der Waals surface area contributed by atoms with E-state index in [2.05, 4.69) is 20.3 Å². The molecule has 3 rings (SSSR count). The zero-order valence-corrected chi connectivity index (χ0v) is 23.3. The smallest absolute Gasteiger partial charge is 0.413 e. The number of likely N-dealkylation sites (tertiary alicyclic amines) is 1. The van der Waals surface area contributed by atoms with E-state index in [0.717, 1.165) is 12.0 Å². The van der Waals surface area contributed by atoms with Gasteiger partial charge in [0.25, 0.3) is 0 Å². The predicted octanol–water partition coefficient (Wildman–Crippen LogP) is 3.58. The first kappa shape index (κ1) is 29.1. The molecule has 0 bridgehead atoms. The van der Waals surface area contributed by atoms with Crippen LogP contribution in [0, 0.1) is 12.8 Å². The molecule has 1 aromatic heterocycles. The highest BCUT2D eigenvalue weighted by Crippen LogP contribution is 2.34. The van der Waals surface area contributed by atoms with Gasteiger partial charge < -0.3 is 15.0 Å². The van der Waals surface area contributed by atoms with Gasteiger partial charge in [-0.05, 0) is 82.8 Å². The molecule has 0 radical (unpaired) electrons. The number of hydrogen-bond acceptors (Lipinski definition) is 7. The Bertz CT molecular complexity index is 1300. The van der Waals surface area contributed by atoms with Crippen LogP contribution >= 0.6 is 0 Å². The second kappa shape index (κ2) is 11.5. The third kappa shape index (κ3) is 7.29. The van der Waals surface area contributed by atoms with Crippen molar-refractivity contribution in [2.45, 2.75) is 64.0 Å². The number of carbonyl (C=O) groups is 3. The Morgan fingerprint density at radius 2 is 1.74 bits per heavy atom. The summed E-state index contributed by atoms with van der Waals surface area (Å²) in [6.45, 7) is 9.36. The zero-order chi connectivity index (χ0) is 28.3. The van der Waals surface area contributed by atoms with Crippen LogP contribution < -0.4 is 15.4 Å². The number of amides is 3. The van der Waals surface area contributed by atoms with Crippen LogP contribution in [0.4, 0.5) is 16.3 Å². The van der Waals surface area contributed by atoms with Crippen molar-refractivity contribution >= 4 is 39.4 Å². The molecule has 1 aromatic carbocycles. The summed E-state index contributed by atoms with van der Waals surface area (Å²) in [6, 6.07) is 7.56. The van der Waals surface area contributed by atoms with Gasteiger partial charge in [0, 0.05) is 6.54 Å². The number of ether oxygens (including phenoxy) is 1. The number of piperidine rings is 1. The molecule has 2 aromatic rings. The maximum absolute atomic E-state index is 13.2. The minimum atomic E-state index is -3.58. The largest absolute Gasteiger partial charge is 0.444 e. The van der Waals surface area contributed by atoms with Gasteiger partial charge in [-0.15, -0.1) is 0 Å². The monoisotopic (exact) mass is 545 g/mol. The molecule has 206 valence electrons. The van der Waals surface area contributed by atoms with Gasteiger partial charge in [-0.3, -0.25) is 14.9 Å². The molecule has 1 fully saturated rings. The van der Waals surface area contributed by atoms with E-state index in [4.69, 9.17) is 4.74 Å². The maximum atomic E-state index is 13.2. The molecule has 1 saturated heterocycles. The first-order valence-corrected chi connectivity index (χ1v) is 13.8. The first-order valence-electron chi connectivity index (χ1n) is 12.3. The van der Waals surface area contributed by atoms with Gasteiger partial charge in [0.15, 0.2) is 0 Å². The van der Waals surface area contributed by atoms with Gasteiger partial charge in [0.2, 0.25) is 10.0 Å². The molecule has 3 N–H and O–H groups in total. The van der Waals surface area contributed by atoms with Crippen LogP contribution in [-0.2, 0) is 24.3 Å². The second-order valence-electron chi connectivity index (χ2n) is 10.4. The molecule has 38 heavy (non-hydrogen) atoms. The topological polar surface area (TPSA) is 147 Å². The fourth-order valence-corrected chi connectivity index (χ4v) is 4.93. The van der Waals surface area contributed by atoms with Crippen molar-refractivity contribution in [2.75, 3.05) is 24.2 Å². The van der Waals surface area contributed by atoms with Crippen molar-refractivity contribution in [3.8, 4) is 0 Å². The van der Waals surface area contributed by atoms with Crippen molar-refractivity contribution in [3.05, 3.63) is 47.7 Å². The average molecular weight is 546 g/mol. The number of rotatable bonds is 5. The van der Waals surface area contributed by atoms with Gasteiger partial charge in [-0.25, -0.2) is 22.9 Å². The van der Waals surface area contributed by atoms with Crippen LogP contribution in [0.15, 0.2) is 41.4 Å². The Labute approximate surface area is 223 Å². The van der Waals surface area contributed by atoms with E-state index in [1.807, 2.05) is 6.92 Å². The molecule has 2 heterocycles. The fourth-order valence-electron chi connectivity index (χ4n) is 4.20. The van der Waals surface area contributed by atoms with Crippen LogP contribution in [-0.4, -0.2) is 55.4 Å². The lowest BCUT2D eigenvalue weighted by molar-refractivity contribution is -0.146. The van der Waals surface area contributed by atoms with Gasteiger partial charge in [0.05, 0.1) is 22.8 Å². The minimum Gasteiger partial charge on any atom is -0.444 e. The number of benzene rings is 1. The summed E-state index contributed by atoms with van der Waals surface area (Å²) in [4.78, 5) is 44.1. The summed E-state index contributed by atoms with van der Waals surface area (Å²) in [5.41, 5.74) is 0.965. The van der Waals surface area contributed by atoms with Crippen molar-refractivity contribution in [2.24, 2.45) is 5.92 Å². The molecule has 11 nitrogen and oxygen atoms in total. The van der Waals surface area contributed by atoms with E-state index in [-0.39, 0.29) is 22.7 Å². The number of pyridine rings is 1. The van der Waals surface area contributed by atoms with Gasteiger partial charge in [-0.1, -0.05) is 19.1 Å². The number of carbonyl (C=O) groups excluding carboxylic acids is 3. The molecule has 0 spiro atoms. The van der Waals surface area contributed by atoms with E-state index in [1.165, 1.54) is 30.3 Å². The number of hydrogen-bond donors (Lipinski definition) is 3. The van der Waals surface area contributed by atoms with Gasteiger partial charge >= 0.3 is 17.9 Å². The Kier molecular flexibility index (Phi) is 8.78. The fraction of sp³-hybridized carbons (Fsp3) is 0.462. The number of aromatic nitrogens is 1. The molecule has 1 aliphatic rings. The first-order chi connectivity index (χ1) is 17.7. The molecule has 0 aliphatic carbocycles. The Hall–Kier alpha value is -3.51. The highest BCUT2D eigenvalue weighted by molar-refractivity contribution is 7.89. The van der Waals surface area contributed by atoms with Crippen LogP contribution in [0.2, 0.25) is 0 Å². The van der Waals surface area contributed by atoms with Crippen molar-refractivity contribution in [3.63, 3.8) is 0 Å². The van der Waals surface area contributed by atoms with E-state index < -0.39 is 33.5 Å². The van der Waals surface area contributed by atoms with E-state index in [0.29, 0.717) is 24.2 Å². The molecule has 12 heteroatoms. The number of nitrogens with one attached hydrogen (secondary N) is 3. The summed E-state index contributed by atoms with van der Waals surface area (Å²) in [5.74, 6) is -1.03. The summed E-state index contributed by atoms with van der Waals surface area (Å²) >= 11 is 0. The number of aryl methyl sites for hydroxylation is 1. The predicted molar refractivity (Wildman–Crippen MR) is 143 cm³/mol. The summed E-state index contributed by atoms with van der Waals surface area (Å²) in [5, 5.41) is 5.16. The highest BCUT2D eigenvalue weighted by Gasteiger charge is 2.34. The second-order valence-corrected chi connectivity index (χ2v) is 12.3. The molecule has 3 amide bonds. The normalized spacial score (nSPS) is 18.0. The molecule has 0 saturated carbocycles. The standard InChI is InChI=1S/C26H35N5O6S/c1-16-7-12-21(18-8-10-20(11-9-18)38(35,36)27-6)31(15-16)24(33)23(32)29-19-13-17(2)22(28-14-19)30-25(34)37-26(3,4)5/h8-11,13-14,16,21,27H,7,12,15H2,1-6H3,(H,29,32)(H,28,30,34)/t16-,21+/m1/s1. The average Bonchev–Trinajstić information content (AvgIpc) is 2.84. The van der Waals surface area contributed by atoms with E-state index in [1.54, 1.807) is 45.9 Å². The lowest BCUT2D eigenvalue weighted by atomic mass is 9.90. The summed E-state index contributed by atoms with van der Waals surface area (Å²) in [7, 11) is -2.24. The highest BCUT2D eigenvalue weighted by atomic mass is 32.2. The van der Waals surface area contributed by atoms with E-state index in [9.17, 15) is 22.8 Å². The zero-order valence-electron chi connectivity index (χ0n) is 22.5. The molecule has 1 aliphatic heterocycles. The third-order valence-corrected chi connectivity index (χ3v) is 7.50. The minimum absolute atomic E-state index is 0.121. The molecule has 0 unspecified atom stereocenters. The summed E-state index contributed by atoms with van der Waals surface area (Å²) in [6.07, 6.45) is 2.20. The van der Waals surface area contributed by atoms with E-state index >= 15 is 0 Å². The van der Waals surface area contributed by atoms with Crippen molar-refractivity contribution in [1.29, 1.82) is 0 Å². The van der Waals surface area contributed by atoms with Crippen LogP contribution in [0.25, 0.3) is 0 Å². The Morgan fingerprint density at radius 1 is 1.08 bits per heavy atom. The van der Waals surface area contributed by atoms with Gasteiger partial charge in [0.1, 0.15) is 11.4 Å². The van der Waals surface area contributed by atoms with Crippen LogP contribution in [0.5, 0.6) is 0 Å². The van der Waals surface area contributed by atoms with Gasteiger partial charge in [-0.2, -0.15) is 0 Å². The number of nitrogens with zero attached hydrogens (tertiary/aromatic N) is 2. The quantitative estimate of drug-likeness (QED) is 0.487. The molecular weight excluding hydrogens is 510 g/mol. The van der Waals surface area contributed by atoms with Crippen molar-refractivity contribution in [1.82, 2.24) is 14.6 Å². The van der Waals surface area contributed by atoms with Crippen LogP contribution in [0.3, 0.4) is 0 Å². The SMILES string of the molecule is CNS(=O)(=O)c1ccc([C@@H]2CC[C@@H](C)CN2C(=O)C(=O)Nc2cnc(NC(=O)OC(C)(C)C)c(C)c2)cc1.